The van der Waals surface area contributed by atoms with Crippen LogP contribution in [0.5, 0.6) is 11.5 Å². The molecule has 18 heavy (non-hydrogen) atoms. The van der Waals surface area contributed by atoms with Gasteiger partial charge in [-0.2, -0.15) is 0 Å². The van der Waals surface area contributed by atoms with Gasteiger partial charge < -0.3 is 14.5 Å². The zero-order valence-corrected chi connectivity index (χ0v) is 12.2. The van der Waals surface area contributed by atoms with E-state index in [1.807, 2.05) is 25.1 Å². The van der Waals surface area contributed by atoms with Gasteiger partial charge in [0.1, 0.15) is 10.4 Å². The Morgan fingerprint density at radius 1 is 1.22 bits per heavy atom. The monoisotopic (exact) mass is 310 g/mol. The minimum atomic E-state index is 0.737. The first-order valence-electron chi connectivity index (χ1n) is 5.56. The third-order valence-corrected chi connectivity index (χ3v) is 3.33. The SMILES string of the molecule is COc1ccc(Cc2[nH]c(C)nc2Br)cc1OC. The Morgan fingerprint density at radius 3 is 2.50 bits per heavy atom. The van der Waals surface area contributed by atoms with E-state index in [-0.39, 0.29) is 0 Å². The zero-order chi connectivity index (χ0) is 13.1. The number of nitrogens with one attached hydrogen (secondary N) is 1. The van der Waals surface area contributed by atoms with Crippen LogP contribution in [0.2, 0.25) is 0 Å². The molecule has 0 bridgehead atoms. The molecule has 0 aliphatic heterocycles. The van der Waals surface area contributed by atoms with Crippen molar-refractivity contribution < 1.29 is 9.47 Å². The molecule has 1 N–H and O–H groups in total. The summed E-state index contributed by atoms with van der Waals surface area (Å²) in [6.45, 7) is 1.93. The Bertz CT molecular complexity index is 552. The lowest BCUT2D eigenvalue weighted by molar-refractivity contribution is 0.354. The number of rotatable bonds is 4. The maximum Gasteiger partial charge on any atom is 0.160 e. The number of hydrogen-bond acceptors (Lipinski definition) is 3. The number of ether oxygens (including phenoxy) is 2. The van der Waals surface area contributed by atoms with E-state index in [0.29, 0.717) is 0 Å². The number of H-pyrrole nitrogens is 1. The van der Waals surface area contributed by atoms with E-state index in [2.05, 4.69) is 25.9 Å². The lowest BCUT2D eigenvalue weighted by atomic mass is 10.1. The molecule has 1 heterocycles. The molecule has 0 saturated carbocycles. The molecule has 0 aliphatic rings. The maximum absolute atomic E-state index is 5.29. The minimum Gasteiger partial charge on any atom is -0.493 e. The van der Waals surface area contributed by atoms with Crippen molar-refractivity contribution in [1.29, 1.82) is 0 Å². The van der Waals surface area contributed by atoms with Gasteiger partial charge in [-0.3, -0.25) is 0 Å². The third-order valence-electron chi connectivity index (χ3n) is 2.68. The predicted octanol–water partition coefficient (Wildman–Crippen LogP) is 3.09. The van der Waals surface area contributed by atoms with Crippen LogP contribution in [0.15, 0.2) is 22.8 Å². The molecule has 0 saturated heterocycles. The summed E-state index contributed by atoms with van der Waals surface area (Å²) in [6, 6.07) is 5.90. The van der Waals surface area contributed by atoms with Gasteiger partial charge in [-0.05, 0) is 40.5 Å². The number of benzene rings is 1. The number of nitrogens with zero attached hydrogens (tertiary/aromatic N) is 1. The van der Waals surface area contributed by atoms with Gasteiger partial charge in [-0.15, -0.1) is 0 Å². The molecule has 0 spiro atoms. The number of aromatic nitrogens is 2. The summed E-state index contributed by atoms with van der Waals surface area (Å²) in [5, 5.41) is 0. The number of aryl methyl sites for hydroxylation is 1. The summed E-state index contributed by atoms with van der Waals surface area (Å²) >= 11 is 3.44. The molecule has 2 aromatic rings. The molecular formula is C13H15BrN2O2. The van der Waals surface area contributed by atoms with Gasteiger partial charge >= 0.3 is 0 Å². The van der Waals surface area contributed by atoms with Crippen molar-refractivity contribution >= 4 is 15.9 Å². The van der Waals surface area contributed by atoms with E-state index >= 15 is 0 Å². The quantitative estimate of drug-likeness (QED) is 0.944. The molecular weight excluding hydrogens is 296 g/mol. The second kappa shape index (κ2) is 5.44. The molecule has 96 valence electrons. The molecule has 2 rings (SSSR count). The number of hydrogen-bond donors (Lipinski definition) is 1. The van der Waals surface area contributed by atoms with Gasteiger partial charge in [-0.25, -0.2) is 4.98 Å². The fraction of sp³-hybridized carbons (Fsp3) is 0.308. The highest BCUT2D eigenvalue weighted by Gasteiger charge is 2.09. The van der Waals surface area contributed by atoms with Crippen LogP contribution in [-0.2, 0) is 6.42 Å². The molecule has 1 aromatic carbocycles. The van der Waals surface area contributed by atoms with Crippen molar-refractivity contribution in [2.45, 2.75) is 13.3 Å². The van der Waals surface area contributed by atoms with Gasteiger partial charge in [0.2, 0.25) is 0 Å². The molecule has 0 fully saturated rings. The van der Waals surface area contributed by atoms with E-state index in [1.165, 1.54) is 0 Å². The van der Waals surface area contributed by atoms with Gasteiger partial charge in [0, 0.05) is 6.42 Å². The van der Waals surface area contributed by atoms with Crippen molar-refractivity contribution in [1.82, 2.24) is 9.97 Å². The van der Waals surface area contributed by atoms with Crippen LogP contribution in [0.4, 0.5) is 0 Å². The summed E-state index contributed by atoms with van der Waals surface area (Å²) < 4.78 is 11.4. The largest absolute Gasteiger partial charge is 0.493 e. The van der Waals surface area contributed by atoms with Crippen LogP contribution in [0, 0.1) is 6.92 Å². The normalized spacial score (nSPS) is 10.4. The Hall–Kier alpha value is -1.49. The topological polar surface area (TPSA) is 47.1 Å². The summed E-state index contributed by atoms with van der Waals surface area (Å²) in [4.78, 5) is 7.52. The van der Waals surface area contributed by atoms with Gasteiger partial charge in [0.05, 0.1) is 19.9 Å². The highest BCUT2D eigenvalue weighted by molar-refractivity contribution is 9.10. The van der Waals surface area contributed by atoms with Crippen molar-refractivity contribution in [3.63, 3.8) is 0 Å². The smallest absolute Gasteiger partial charge is 0.160 e. The highest BCUT2D eigenvalue weighted by atomic mass is 79.9. The predicted molar refractivity (Wildman–Crippen MR) is 73.4 cm³/mol. The van der Waals surface area contributed by atoms with Gasteiger partial charge in [0.15, 0.2) is 11.5 Å². The van der Waals surface area contributed by atoms with Crippen LogP contribution in [0.1, 0.15) is 17.1 Å². The van der Waals surface area contributed by atoms with E-state index in [0.717, 1.165) is 39.6 Å². The van der Waals surface area contributed by atoms with Crippen LogP contribution < -0.4 is 9.47 Å². The Kier molecular flexibility index (Phi) is 3.91. The molecule has 0 atom stereocenters. The first-order chi connectivity index (χ1) is 8.63. The van der Waals surface area contributed by atoms with Crippen LogP contribution in [0.25, 0.3) is 0 Å². The fourth-order valence-corrected chi connectivity index (χ4v) is 2.33. The molecule has 4 nitrogen and oxygen atoms in total. The lowest BCUT2D eigenvalue weighted by Gasteiger charge is -2.09. The fourth-order valence-electron chi connectivity index (χ4n) is 1.82. The van der Waals surface area contributed by atoms with Crippen molar-refractivity contribution in [3.8, 4) is 11.5 Å². The average Bonchev–Trinajstić information content (AvgIpc) is 2.67. The zero-order valence-electron chi connectivity index (χ0n) is 10.6. The summed E-state index contributed by atoms with van der Waals surface area (Å²) in [7, 11) is 3.27. The standard InChI is InChI=1S/C13H15BrN2O2/c1-8-15-10(13(14)16-8)6-9-4-5-11(17-2)12(7-9)18-3/h4-5,7H,6H2,1-3H3,(H,15,16). The first kappa shape index (κ1) is 13.0. The molecule has 0 amide bonds. The number of imidazole rings is 1. The third kappa shape index (κ3) is 2.67. The lowest BCUT2D eigenvalue weighted by Crippen LogP contribution is -1.94. The van der Waals surface area contributed by atoms with Gasteiger partial charge in [-0.1, -0.05) is 6.07 Å². The molecule has 0 unspecified atom stereocenters. The maximum atomic E-state index is 5.29. The Labute approximate surface area is 114 Å². The summed E-state index contributed by atoms with van der Waals surface area (Å²) in [5.74, 6) is 2.38. The minimum absolute atomic E-state index is 0.737. The second-order valence-electron chi connectivity index (χ2n) is 3.96. The molecule has 0 aliphatic carbocycles. The van der Waals surface area contributed by atoms with Gasteiger partial charge in [0.25, 0.3) is 0 Å². The first-order valence-corrected chi connectivity index (χ1v) is 6.35. The van der Waals surface area contributed by atoms with E-state index in [1.54, 1.807) is 14.2 Å². The number of halogens is 1. The van der Waals surface area contributed by atoms with Crippen LogP contribution >= 0.6 is 15.9 Å². The molecule has 1 aromatic heterocycles. The summed E-state index contributed by atoms with van der Waals surface area (Å²) in [5.41, 5.74) is 2.19. The highest BCUT2D eigenvalue weighted by Crippen LogP contribution is 2.29. The number of methoxy groups -OCH3 is 2. The van der Waals surface area contributed by atoms with Crippen molar-refractivity contribution in [2.24, 2.45) is 0 Å². The Balaban J connectivity index is 2.27. The average molecular weight is 311 g/mol. The number of aromatic amines is 1. The Morgan fingerprint density at radius 2 is 1.94 bits per heavy atom. The van der Waals surface area contributed by atoms with E-state index < -0.39 is 0 Å². The molecule has 0 radical (unpaired) electrons. The van der Waals surface area contributed by atoms with Crippen molar-refractivity contribution in [2.75, 3.05) is 14.2 Å². The van der Waals surface area contributed by atoms with Crippen LogP contribution in [0.3, 0.4) is 0 Å². The molecule has 5 heteroatoms. The van der Waals surface area contributed by atoms with Crippen LogP contribution in [-0.4, -0.2) is 24.2 Å². The summed E-state index contributed by atoms with van der Waals surface area (Å²) in [6.07, 6.45) is 0.766. The van der Waals surface area contributed by atoms with Crippen molar-refractivity contribution in [3.05, 3.63) is 39.9 Å². The van der Waals surface area contributed by atoms with E-state index in [4.69, 9.17) is 9.47 Å². The van der Waals surface area contributed by atoms with E-state index in [9.17, 15) is 0 Å². The second-order valence-corrected chi connectivity index (χ2v) is 4.71.